The molecule has 0 fully saturated rings. The Kier molecular flexibility index (Phi) is 1.87. The van der Waals surface area contributed by atoms with Crippen LogP contribution < -0.4 is 0 Å². The van der Waals surface area contributed by atoms with E-state index in [0.717, 1.165) is 6.42 Å². The lowest BCUT2D eigenvalue weighted by Crippen LogP contribution is -2.19. The molecule has 0 nitrogen and oxygen atoms in total. The highest BCUT2D eigenvalue weighted by Gasteiger charge is 2.24. The molecule has 0 saturated heterocycles. The van der Waals surface area contributed by atoms with E-state index in [1.165, 1.54) is 11.1 Å². The maximum absolute atomic E-state index is 13.3. The van der Waals surface area contributed by atoms with Crippen molar-refractivity contribution in [3.63, 3.8) is 0 Å². The molecule has 12 heavy (non-hydrogen) atoms. The second-order valence-electron chi connectivity index (χ2n) is 3.54. The number of benzene rings is 1. The van der Waals surface area contributed by atoms with Crippen LogP contribution in [-0.2, 0) is 6.42 Å². The van der Waals surface area contributed by atoms with E-state index in [9.17, 15) is 4.39 Å². The molecule has 2 atom stereocenters. The summed E-state index contributed by atoms with van der Waals surface area (Å²) in [7, 11) is 0. The molecule has 64 valence electrons. The molecular formula is C11H13F. The average Bonchev–Trinajstić information content (AvgIpc) is 2.12. The zero-order valence-corrected chi connectivity index (χ0v) is 7.26. The van der Waals surface area contributed by atoms with Gasteiger partial charge in [0.1, 0.15) is 6.17 Å². The molecule has 1 aliphatic carbocycles. The quantitative estimate of drug-likeness (QED) is 0.552. The van der Waals surface area contributed by atoms with Gasteiger partial charge in [0.2, 0.25) is 0 Å². The lowest BCUT2D eigenvalue weighted by atomic mass is 9.83. The van der Waals surface area contributed by atoms with Gasteiger partial charge in [0.15, 0.2) is 0 Å². The Labute approximate surface area is 72.4 Å². The number of rotatable bonds is 0. The first-order chi connectivity index (χ1) is 5.79. The third-order valence-electron chi connectivity index (χ3n) is 2.78. The molecule has 2 unspecified atom stereocenters. The Morgan fingerprint density at radius 1 is 1.33 bits per heavy atom. The Morgan fingerprint density at radius 2 is 2.08 bits per heavy atom. The molecule has 1 aromatic rings. The van der Waals surface area contributed by atoms with Crippen LogP contribution in [0.5, 0.6) is 0 Å². The van der Waals surface area contributed by atoms with Gasteiger partial charge in [-0.15, -0.1) is 0 Å². The van der Waals surface area contributed by atoms with Crippen LogP contribution in [0.25, 0.3) is 0 Å². The van der Waals surface area contributed by atoms with E-state index in [4.69, 9.17) is 0 Å². The van der Waals surface area contributed by atoms with Crippen molar-refractivity contribution in [3.05, 3.63) is 35.4 Å². The number of fused-ring (bicyclic) bond motifs is 1. The third kappa shape index (κ3) is 1.13. The molecule has 1 aliphatic rings. The molecule has 0 bridgehead atoms. The fourth-order valence-electron chi connectivity index (χ4n) is 1.94. The number of hydrogen-bond donors (Lipinski definition) is 0. The molecular weight excluding hydrogens is 151 g/mol. The molecule has 1 aromatic carbocycles. The van der Waals surface area contributed by atoms with Crippen molar-refractivity contribution < 1.29 is 4.39 Å². The number of hydrogen-bond acceptors (Lipinski definition) is 0. The monoisotopic (exact) mass is 164 g/mol. The smallest absolute Gasteiger partial charge is 0.107 e. The summed E-state index contributed by atoms with van der Waals surface area (Å²) in [6.45, 7) is 1.97. The number of alkyl halides is 1. The highest BCUT2D eigenvalue weighted by Crippen LogP contribution is 2.32. The lowest BCUT2D eigenvalue weighted by molar-refractivity contribution is 0.262. The van der Waals surface area contributed by atoms with Gasteiger partial charge in [0.05, 0.1) is 0 Å². The minimum atomic E-state index is -0.639. The molecule has 0 spiro atoms. The van der Waals surface area contributed by atoms with Gasteiger partial charge in [-0.3, -0.25) is 0 Å². The highest BCUT2D eigenvalue weighted by atomic mass is 19.1. The van der Waals surface area contributed by atoms with Gasteiger partial charge >= 0.3 is 0 Å². The SMILES string of the molecule is CC1c2ccccc2CCC1F. The maximum atomic E-state index is 13.3. The molecule has 0 amide bonds. The molecule has 0 aromatic heterocycles. The molecule has 2 rings (SSSR count). The topological polar surface area (TPSA) is 0 Å². The minimum Gasteiger partial charge on any atom is -0.247 e. The zero-order chi connectivity index (χ0) is 8.55. The van der Waals surface area contributed by atoms with Crippen molar-refractivity contribution in [2.45, 2.75) is 31.9 Å². The largest absolute Gasteiger partial charge is 0.247 e. The molecule has 0 radical (unpaired) electrons. The van der Waals surface area contributed by atoms with E-state index in [2.05, 4.69) is 6.07 Å². The van der Waals surface area contributed by atoms with E-state index in [1.807, 2.05) is 25.1 Å². The summed E-state index contributed by atoms with van der Waals surface area (Å²) in [5.74, 6) is 0.0925. The van der Waals surface area contributed by atoms with Crippen LogP contribution >= 0.6 is 0 Å². The fraction of sp³-hybridized carbons (Fsp3) is 0.455. The van der Waals surface area contributed by atoms with Crippen LogP contribution in [0.15, 0.2) is 24.3 Å². The summed E-state index contributed by atoms with van der Waals surface area (Å²) in [5, 5.41) is 0. The van der Waals surface area contributed by atoms with Crippen LogP contribution in [-0.4, -0.2) is 6.17 Å². The van der Waals surface area contributed by atoms with Gasteiger partial charge < -0.3 is 0 Å². The van der Waals surface area contributed by atoms with Gasteiger partial charge in [-0.25, -0.2) is 4.39 Å². The third-order valence-corrected chi connectivity index (χ3v) is 2.78. The van der Waals surface area contributed by atoms with Gasteiger partial charge in [0.25, 0.3) is 0 Å². The first-order valence-corrected chi connectivity index (χ1v) is 4.51. The van der Waals surface area contributed by atoms with Crippen LogP contribution in [0.4, 0.5) is 4.39 Å². The van der Waals surface area contributed by atoms with Crippen LogP contribution in [0, 0.1) is 0 Å². The van der Waals surface area contributed by atoms with Crippen molar-refractivity contribution in [2.24, 2.45) is 0 Å². The second kappa shape index (κ2) is 2.89. The average molecular weight is 164 g/mol. The lowest BCUT2D eigenvalue weighted by Gasteiger charge is -2.25. The molecule has 0 heterocycles. The summed E-state index contributed by atoms with van der Waals surface area (Å²) in [4.78, 5) is 0. The van der Waals surface area contributed by atoms with Gasteiger partial charge in [-0.2, -0.15) is 0 Å². The molecule has 0 aliphatic heterocycles. The van der Waals surface area contributed by atoms with Crippen molar-refractivity contribution in [1.29, 1.82) is 0 Å². The Bertz CT molecular complexity index is 280. The number of halogens is 1. The maximum Gasteiger partial charge on any atom is 0.107 e. The van der Waals surface area contributed by atoms with E-state index in [0.29, 0.717) is 6.42 Å². The van der Waals surface area contributed by atoms with Crippen molar-refractivity contribution in [1.82, 2.24) is 0 Å². The molecule has 0 N–H and O–H groups in total. The highest BCUT2D eigenvalue weighted by molar-refractivity contribution is 5.33. The molecule has 0 saturated carbocycles. The first kappa shape index (κ1) is 7.78. The van der Waals surface area contributed by atoms with Crippen LogP contribution in [0.3, 0.4) is 0 Å². The zero-order valence-electron chi connectivity index (χ0n) is 7.26. The normalized spacial score (nSPS) is 28.2. The Hall–Kier alpha value is -0.850. The summed E-state index contributed by atoms with van der Waals surface area (Å²) in [6, 6.07) is 8.18. The number of aryl methyl sites for hydroxylation is 1. The Balaban J connectivity index is 2.42. The fourth-order valence-corrected chi connectivity index (χ4v) is 1.94. The van der Waals surface area contributed by atoms with Gasteiger partial charge in [-0.05, 0) is 24.0 Å². The standard InChI is InChI=1S/C11H13F/c1-8-10-5-3-2-4-9(10)6-7-11(8)12/h2-5,8,11H,6-7H2,1H3. The van der Waals surface area contributed by atoms with Crippen LogP contribution in [0.1, 0.15) is 30.4 Å². The van der Waals surface area contributed by atoms with Crippen LogP contribution in [0.2, 0.25) is 0 Å². The second-order valence-corrected chi connectivity index (χ2v) is 3.54. The summed E-state index contributed by atoms with van der Waals surface area (Å²) < 4.78 is 13.3. The van der Waals surface area contributed by atoms with Crippen molar-refractivity contribution in [3.8, 4) is 0 Å². The summed E-state index contributed by atoms with van der Waals surface area (Å²) in [5.41, 5.74) is 2.54. The van der Waals surface area contributed by atoms with Crippen molar-refractivity contribution in [2.75, 3.05) is 0 Å². The minimum absolute atomic E-state index is 0.0925. The predicted octanol–water partition coefficient (Wildman–Crippen LogP) is 3.07. The Morgan fingerprint density at radius 3 is 2.92 bits per heavy atom. The van der Waals surface area contributed by atoms with Gasteiger partial charge in [0, 0.05) is 5.92 Å². The van der Waals surface area contributed by atoms with Crippen molar-refractivity contribution >= 4 is 0 Å². The predicted molar refractivity (Wildman–Crippen MR) is 48.1 cm³/mol. The van der Waals surface area contributed by atoms with E-state index in [1.54, 1.807) is 0 Å². The first-order valence-electron chi connectivity index (χ1n) is 4.51. The van der Waals surface area contributed by atoms with E-state index in [-0.39, 0.29) is 5.92 Å². The van der Waals surface area contributed by atoms with E-state index < -0.39 is 6.17 Å². The van der Waals surface area contributed by atoms with E-state index >= 15 is 0 Å². The van der Waals surface area contributed by atoms with Gasteiger partial charge in [-0.1, -0.05) is 31.2 Å². The molecule has 1 heteroatoms. The summed E-state index contributed by atoms with van der Waals surface area (Å²) in [6.07, 6.45) is 0.958. The summed E-state index contributed by atoms with van der Waals surface area (Å²) >= 11 is 0.